The van der Waals surface area contributed by atoms with Gasteiger partial charge in [-0.15, -0.1) is 0 Å². The molecule has 0 spiro atoms. The minimum absolute atomic E-state index is 0.0155. The van der Waals surface area contributed by atoms with E-state index in [2.05, 4.69) is 15.0 Å². The van der Waals surface area contributed by atoms with Gasteiger partial charge in [-0.2, -0.15) is 0 Å². The first-order valence-corrected chi connectivity index (χ1v) is 7.17. The average molecular weight is 339 g/mol. The minimum atomic E-state index is -0.859. The number of H-pyrrole nitrogens is 1. The van der Waals surface area contributed by atoms with Gasteiger partial charge in [0, 0.05) is 0 Å². The van der Waals surface area contributed by atoms with Crippen molar-refractivity contribution in [2.24, 2.45) is 5.73 Å². The highest BCUT2D eigenvalue weighted by Gasteiger charge is 2.21. The Labute approximate surface area is 138 Å². The van der Waals surface area contributed by atoms with E-state index in [1.165, 1.54) is 24.5 Å². The van der Waals surface area contributed by atoms with Crippen LogP contribution >= 0.6 is 0 Å². The lowest BCUT2D eigenvalue weighted by atomic mass is 10.3. The number of nitrogens with two attached hydrogens (primary N) is 1. The van der Waals surface area contributed by atoms with Crippen LogP contribution in [0.4, 0.5) is 4.39 Å². The monoisotopic (exact) mass is 339 g/mol. The standard InChI is InChI=1S/C16H10FN5O3/c17-8-4-1-2-5-9(8)22-15-12(20-16(22)24)11(13(18)23)19-14(21-15)10-6-3-7-25-10/h1-7H,(H2,18,23)(H,20,24). The van der Waals surface area contributed by atoms with Gasteiger partial charge < -0.3 is 15.1 Å². The van der Waals surface area contributed by atoms with Crippen molar-refractivity contribution in [2.75, 3.05) is 0 Å². The van der Waals surface area contributed by atoms with Crippen LogP contribution in [0.5, 0.6) is 0 Å². The average Bonchev–Trinajstić information content (AvgIpc) is 3.21. The number of hydrogen-bond acceptors (Lipinski definition) is 5. The summed E-state index contributed by atoms with van der Waals surface area (Å²) in [6.07, 6.45) is 1.41. The Balaban J connectivity index is 2.12. The van der Waals surface area contributed by atoms with Crippen molar-refractivity contribution in [3.63, 3.8) is 0 Å². The Kier molecular flexibility index (Phi) is 3.21. The van der Waals surface area contributed by atoms with Crippen molar-refractivity contribution in [1.82, 2.24) is 19.5 Å². The van der Waals surface area contributed by atoms with E-state index in [4.69, 9.17) is 10.2 Å². The van der Waals surface area contributed by atoms with Crippen molar-refractivity contribution >= 4 is 17.1 Å². The number of furan rings is 1. The van der Waals surface area contributed by atoms with Crippen molar-refractivity contribution < 1.29 is 13.6 Å². The molecule has 0 aliphatic carbocycles. The SMILES string of the molecule is NC(=O)c1nc(-c2ccco2)nc2c1[nH]c(=O)n2-c1ccccc1F. The van der Waals surface area contributed by atoms with Crippen LogP contribution < -0.4 is 11.4 Å². The van der Waals surface area contributed by atoms with E-state index >= 15 is 0 Å². The molecule has 8 nitrogen and oxygen atoms in total. The number of para-hydroxylation sites is 1. The number of nitrogens with zero attached hydrogens (tertiary/aromatic N) is 3. The summed E-state index contributed by atoms with van der Waals surface area (Å²) in [7, 11) is 0. The zero-order valence-corrected chi connectivity index (χ0v) is 12.6. The van der Waals surface area contributed by atoms with E-state index in [9.17, 15) is 14.0 Å². The molecule has 0 atom stereocenters. The first-order chi connectivity index (χ1) is 12.1. The van der Waals surface area contributed by atoms with Crippen molar-refractivity contribution in [3.05, 3.63) is 64.7 Å². The summed E-state index contributed by atoms with van der Waals surface area (Å²) < 4.78 is 20.4. The molecule has 9 heteroatoms. The van der Waals surface area contributed by atoms with Gasteiger partial charge >= 0.3 is 5.69 Å². The molecule has 25 heavy (non-hydrogen) atoms. The van der Waals surface area contributed by atoms with E-state index in [1.807, 2.05) is 0 Å². The van der Waals surface area contributed by atoms with Crippen LogP contribution in [0.25, 0.3) is 28.4 Å². The Morgan fingerprint density at radius 2 is 2.00 bits per heavy atom. The number of carbonyl (C=O) groups is 1. The van der Waals surface area contributed by atoms with Gasteiger partial charge in [-0.25, -0.2) is 23.7 Å². The van der Waals surface area contributed by atoms with Crippen molar-refractivity contribution in [1.29, 1.82) is 0 Å². The summed E-state index contributed by atoms with van der Waals surface area (Å²) in [6.45, 7) is 0. The number of fused-ring (bicyclic) bond motifs is 1. The van der Waals surface area contributed by atoms with Gasteiger partial charge in [0.05, 0.1) is 12.0 Å². The molecule has 1 aromatic carbocycles. The third-order valence-corrected chi connectivity index (χ3v) is 3.61. The summed E-state index contributed by atoms with van der Waals surface area (Å²) in [5.74, 6) is -1.15. The Bertz CT molecular complexity index is 1160. The van der Waals surface area contributed by atoms with E-state index in [-0.39, 0.29) is 34.1 Å². The number of rotatable bonds is 3. The lowest BCUT2D eigenvalue weighted by molar-refractivity contribution is 0.0997. The molecule has 0 saturated carbocycles. The molecule has 3 aromatic heterocycles. The topological polar surface area (TPSA) is 120 Å². The highest BCUT2D eigenvalue weighted by Crippen LogP contribution is 2.22. The number of halogens is 1. The van der Waals surface area contributed by atoms with Crippen LogP contribution in [-0.4, -0.2) is 25.4 Å². The van der Waals surface area contributed by atoms with Gasteiger partial charge in [-0.3, -0.25) is 4.79 Å². The Morgan fingerprint density at radius 3 is 2.68 bits per heavy atom. The van der Waals surface area contributed by atoms with Crippen LogP contribution in [-0.2, 0) is 0 Å². The molecule has 4 rings (SSSR count). The molecule has 0 unspecified atom stereocenters. The lowest BCUT2D eigenvalue weighted by Gasteiger charge is -2.06. The number of nitrogens with one attached hydrogen (secondary N) is 1. The van der Waals surface area contributed by atoms with E-state index in [0.29, 0.717) is 0 Å². The normalized spacial score (nSPS) is 11.1. The van der Waals surface area contributed by atoms with Gasteiger partial charge in [0.15, 0.2) is 22.9 Å². The molecule has 1 amide bonds. The van der Waals surface area contributed by atoms with Crippen LogP contribution in [0.2, 0.25) is 0 Å². The van der Waals surface area contributed by atoms with Crippen molar-refractivity contribution in [2.45, 2.75) is 0 Å². The maximum atomic E-state index is 14.2. The van der Waals surface area contributed by atoms with Gasteiger partial charge in [0.2, 0.25) is 0 Å². The van der Waals surface area contributed by atoms with Crippen molar-refractivity contribution in [3.8, 4) is 17.3 Å². The number of aromatic nitrogens is 4. The zero-order valence-electron chi connectivity index (χ0n) is 12.6. The molecule has 0 saturated heterocycles. The van der Waals surface area contributed by atoms with Crippen LogP contribution in [0, 0.1) is 5.82 Å². The third kappa shape index (κ3) is 2.29. The van der Waals surface area contributed by atoms with E-state index in [1.54, 1.807) is 18.2 Å². The summed E-state index contributed by atoms with van der Waals surface area (Å²) in [5.41, 5.74) is 4.53. The Morgan fingerprint density at radius 1 is 1.20 bits per heavy atom. The molecular weight excluding hydrogens is 329 g/mol. The fraction of sp³-hybridized carbons (Fsp3) is 0. The first-order valence-electron chi connectivity index (χ1n) is 7.17. The fourth-order valence-corrected chi connectivity index (χ4v) is 2.54. The molecule has 4 aromatic rings. The number of amides is 1. The maximum Gasteiger partial charge on any atom is 0.332 e. The summed E-state index contributed by atoms with van der Waals surface area (Å²) in [5, 5.41) is 0. The smallest absolute Gasteiger partial charge is 0.332 e. The van der Waals surface area contributed by atoms with E-state index in [0.717, 1.165) is 4.57 Å². The maximum absolute atomic E-state index is 14.2. The summed E-state index contributed by atoms with van der Waals surface area (Å²) in [4.78, 5) is 34.9. The van der Waals surface area contributed by atoms with E-state index < -0.39 is 17.4 Å². The number of primary amides is 1. The summed E-state index contributed by atoms with van der Waals surface area (Å²) >= 11 is 0. The zero-order chi connectivity index (χ0) is 17.6. The number of benzene rings is 1. The molecule has 0 radical (unpaired) electrons. The molecule has 3 N–H and O–H groups in total. The molecule has 0 bridgehead atoms. The molecule has 124 valence electrons. The van der Waals surface area contributed by atoms with Gasteiger partial charge in [-0.05, 0) is 24.3 Å². The largest absolute Gasteiger partial charge is 0.461 e. The molecule has 0 fully saturated rings. The number of hydrogen-bond donors (Lipinski definition) is 2. The third-order valence-electron chi connectivity index (χ3n) is 3.61. The highest BCUT2D eigenvalue weighted by atomic mass is 19.1. The fourth-order valence-electron chi connectivity index (χ4n) is 2.54. The second-order valence-corrected chi connectivity index (χ2v) is 5.15. The predicted octanol–water partition coefficient (Wildman–Crippen LogP) is 1.61. The van der Waals surface area contributed by atoms with Gasteiger partial charge in [0.1, 0.15) is 11.3 Å². The first kappa shape index (κ1) is 14.8. The molecular formula is C16H10FN5O3. The Hall–Kier alpha value is -3.75. The van der Waals surface area contributed by atoms with Crippen LogP contribution in [0.15, 0.2) is 51.9 Å². The lowest BCUT2D eigenvalue weighted by Crippen LogP contribution is -2.16. The predicted molar refractivity (Wildman–Crippen MR) is 85.7 cm³/mol. The van der Waals surface area contributed by atoms with Gasteiger partial charge in [-0.1, -0.05) is 12.1 Å². The molecule has 3 heterocycles. The molecule has 0 aliphatic rings. The van der Waals surface area contributed by atoms with Crippen LogP contribution in [0.3, 0.4) is 0 Å². The number of imidazole rings is 1. The second kappa shape index (κ2) is 5.41. The second-order valence-electron chi connectivity index (χ2n) is 5.15. The molecule has 0 aliphatic heterocycles. The minimum Gasteiger partial charge on any atom is -0.461 e. The quantitative estimate of drug-likeness (QED) is 0.587. The number of aromatic amines is 1. The number of carbonyl (C=O) groups excluding carboxylic acids is 1. The highest BCUT2D eigenvalue weighted by molar-refractivity contribution is 6.02. The summed E-state index contributed by atoms with van der Waals surface area (Å²) in [6, 6.07) is 8.91. The van der Waals surface area contributed by atoms with Crippen LogP contribution in [0.1, 0.15) is 10.5 Å². The van der Waals surface area contributed by atoms with Gasteiger partial charge in [0.25, 0.3) is 5.91 Å².